The van der Waals surface area contributed by atoms with Crippen molar-refractivity contribution in [1.29, 1.82) is 0 Å². The van der Waals surface area contributed by atoms with Crippen molar-refractivity contribution in [2.45, 2.75) is 27.2 Å². The number of rotatable bonds is 5. The minimum absolute atomic E-state index is 0.0269. The predicted molar refractivity (Wildman–Crippen MR) is 89.9 cm³/mol. The minimum atomic E-state index is -0.894. The van der Waals surface area contributed by atoms with E-state index in [-0.39, 0.29) is 18.9 Å². The maximum atomic E-state index is 12.5. The molecule has 0 bridgehead atoms. The number of carboxylic acids is 1. The summed E-state index contributed by atoms with van der Waals surface area (Å²) in [4.78, 5) is 27.8. The zero-order chi connectivity index (χ0) is 17.2. The number of pyridine rings is 1. The van der Waals surface area contributed by atoms with Crippen molar-refractivity contribution in [3.63, 3.8) is 0 Å². The van der Waals surface area contributed by atoms with Crippen molar-refractivity contribution in [2.24, 2.45) is 5.41 Å². The lowest BCUT2D eigenvalue weighted by molar-refractivity contribution is -0.139. The third-order valence-corrected chi connectivity index (χ3v) is 3.72. The van der Waals surface area contributed by atoms with Crippen LogP contribution in [0.3, 0.4) is 0 Å². The summed E-state index contributed by atoms with van der Waals surface area (Å²) in [5, 5.41) is 12.9. The first-order valence-electron chi connectivity index (χ1n) is 7.25. The number of nitrogens with one attached hydrogen (secondary N) is 1. The van der Waals surface area contributed by atoms with Crippen LogP contribution in [0.5, 0.6) is 0 Å². The Bertz CT molecular complexity index is 772. The van der Waals surface area contributed by atoms with Crippen LogP contribution in [0.25, 0.3) is 10.9 Å². The highest BCUT2D eigenvalue weighted by atomic mass is 35.5. The van der Waals surface area contributed by atoms with Gasteiger partial charge in [-0.25, -0.2) is 0 Å². The maximum absolute atomic E-state index is 12.5. The largest absolute Gasteiger partial charge is 0.481 e. The number of carbonyl (C=O) groups excluding carboxylic acids is 1. The first kappa shape index (κ1) is 17.2. The highest BCUT2D eigenvalue weighted by molar-refractivity contribution is 6.32. The van der Waals surface area contributed by atoms with E-state index in [1.807, 2.05) is 19.1 Å². The molecule has 122 valence electrons. The summed E-state index contributed by atoms with van der Waals surface area (Å²) in [6.07, 6.45) is -0.0269. The van der Waals surface area contributed by atoms with Gasteiger partial charge < -0.3 is 10.4 Å². The Morgan fingerprint density at radius 3 is 2.65 bits per heavy atom. The molecular formula is C17H19ClN2O3. The van der Waals surface area contributed by atoms with Gasteiger partial charge in [-0.1, -0.05) is 31.5 Å². The van der Waals surface area contributed by atoms with Crippen LogP contribution in [0.1, 0.15) is 36.3 Å². The van der Waals surface area contributed by atoms with E-state index in [1.165, 1.54) is 0 Å². The van der Waals surface area contributed by atoms with E-state index in [9.17, 15) is 9.59 Å². The molecule has 0 aliphatic rings. The lowest BCUT2D eigenvalue weighted by Gasteiger charge is -2.22. The van der Waals surface area contributed by atoms with Gasteiger partial charge in [-0.15, -0.1) is 0 Å². The van der Waals surface area contributed by atoms with Crippen LogP contribution in [0.15, 0.2) is 24.3 Å². The molecular weight excluding hydrogens is 316 g/mol. The van der Waals surface area contributed by atoms with Crippen molar-refractivity contribution in [2.75, 3.05) is 6.54 Å². The molecule has 0 atom stereocenters. The molecule has 6 heteroatoms. The van der Waals surface area contributed by atoms with Gasteiger partial charge in [-0.05, 0) is 30.5 Å². The second-order valence-corrected chi connectivity index (χ2v) is 6.83. The number of hydrogen-bond acceptors (Lipinski definition) is 3. The van der Waals surface area contributed by atoms with E-state index < -0.39 is 11.4 Å². The standard InChI is InChI=1S/C17H19ClN2O3/c1-10-4-5-11-6-12(18)7-13(15(11)20-10)16(23)19-9-17(2,3)8-14(21)22/h4-7H,8-9H2,1-3H3,(H,19,23)(H,21,22). The first-order chi connectivity index (χ1) is 10.7. The molecule has 1 aromatic carbocycles. The number of amides is 1. The Hall–Kier alpha value is -2.14. The maximum Gasteiger partial charge on any atom is 0.303 e. The fourth-order valence-corrected chi connectivity index (χ4v) is 2.58. The summed E-state index contributed by atoms with van der Waals surface area (Å²) in [6, 6.07) is 7.06. The van der Waals surface area contributed by atoms with Gasteiger partial charge in [0.25, 0.3) is 5.91 Å². The van der Waals surface area contributed by atoms with Crippen LogP contribution in [0, 0.1) is 12.3 Å². The predicted octanol–water partition coefficient (Wildman–Crippen LogP) is 3.43. The number of aromatic nitrogens is 1. The number of fused-ring (bicyclic) bond motifs is 1. The van der Waals surface area contributed by atoms with Crippen molar-refractivity contribution in [1.82, 2.24) is 10.3 Å². The van der Waals surface area contributed by atoms with E-state index in [0.29, 0.717) is 16.1 Å². The molecule has 1 aromatic heterocycles. The molecule has 0 saturated carbocycles. The molecule has 2 N–H and O–H groups in total. The summed E-state index contributed by atoms with van der Waals surface area (Å²) >= 11 is 6.08. The fourth-order valence-electron chi connectivity index (χ4n) is 2.36. The molecule has 0 aliphatic heterocycles. The van der Waals surface area contributed by atoms with Crippen LogP contribution in [0.4, 0.5) is 0 Å². The lowest BCUT2D eigenvalue weighted by atomic mass is 9.89. The fraction of sp³-hybridized carbons (Fsp3) is 0.353. The number of hydrogen-bond donors (Lipinski definition) is 2. The van der Waals surface area contributed by atoms with Crippen molar-refractivity contribution in [3.05, 3.63) is 40.5 Å². The van der Waals surface area contributed by atoms with Crippen LogP contribution < -0.4 is 5.32 Å². The molecule has 0 aliphatic carbocycles. The van der Waals surface area contributed by atoms with Gasteiger partial charge in [-0.3, -0.25) is 14.6 Å². The Balaban J connectivity index is 2.27. The van der Waals surface area contributed by atoms with Crippen molar-refractivity contribution in [3.8, 4) is 0 Å². The van der Waals surface area contributed by atoms with Crippen LogP contribution in [-0.2, 0) is 4.79 Å². The lowest BCUT2D eigenvalue weighted by Crippen LogP contribution is -2.35. The number of aliphatic carboxylic acids is 1. The molecule has 1 heterocycles. The first-order valence-corrected chi connectivity index (χ1v) is 7.63. The third-order valence-electron chi connectivity index (χ3n) is 3.50. The van der Waals surface area contributed by atoms with Gasteiger partial charge in [0.05, 0.1) is 17.5 Å². The minimum Gasteiger partial charge on any atom is -0.481 e. The van der Waals surface area contributed by atoms with E-state index in [4.69, 9.17) is 16.7 Å². The van der Waals surface area contributed by atoms with Crippen molar-refractivity contribution >= 4 is 34.4 Å². The summed E-state index contributed by atoms with van der Waals surface area (Å²) in [7, 11) is 0. The molecule has 0 unspecified atom stereocenters. The third kappa shape index (κ3) is 4.42. The number of nitrogens with zero attached hydrogens (tertiary/aromatic N) is 1. The number of benzene rings is 1. The SMILES string of the molecule is Cc1ccc2cc(Cl)cc(C(=O)NCC(C)(C)CC(=O)O)c2n1. The highest BCUT2D eigenvalue weighted by Crippen LogP contribution is 2.24. The van der Waals surface area contributed by atoms with Crippen LogP contribution in [0.2, 0.25) is 5.02 Å². The normalized spacial score (nSPS) is 11.5. The number of carbonyl (C=O) groups is 2. The van der Waals surface area contributed by atoms with Gasteiger partial charge >= 0.3 is 5.97 Å². The van der Waals surface area contributed by atoms with Gasteiger partial charge in [-0.2, -0.15) is 0 Å². The Labute approximate surface area is 139 Å². The second kappa shape index (κ2) is 6.54. The zero-order valence-electron chi connectivity index (χ0n) is 13.3. The van der Waals surface area contributed by atoms with Gasteiger partial charge in [0.15, 0.2) is 0 Å². The van der Waals surface area contributed by atoms with Gasteiger partial charge in [0, 0.05) is 22.6 Å². The van der Waals surface area contributed by atoms with Crippen LogP contribution >= 0.6 is 11.6 Å². The number of carboxylic acid groups (broad SMARTS) is 1. The Morgan fingerprint density at radius 1 is 1.30 bits per heavy atom. The smallest absolute Gasteiger partial charge is 0.303 e. The van der Waals surface area contributed by atoms with Gasteiger partial charge in [0.1, 0.15) is 0 Å². The molecule has 0 saturated heterocycles. The average Bonchev–Trinajstić information content (AvgIpc) is 2.43. The summed E-state index contributed by atoms with van der Waals surface area (Å²) in [6.45, 7) is 5.68. The molecule has 0 radical (unpaired) electrons. The van der Waals surface area contributed by atoms with Crippen LogP contribution in [-0.4, -0.2) is 28.5 Å². The van der Waals surface area contributed by atoms with Crippen molar-refractivity contribution < 1.29 is 14.7 Å². The number of halogens is 1. The molecule has 2 rings (SSSR count). The van der Waals surface area contributed by atoms with E-state index >= 15 is 0 Å². The van der Waals surface area contributed by atoms with E-state index in [1.54, 1.807) is 26.0 Å². The topological polar surface area (TPSA) is 79.3 Å². The molecule has 2 aromatic rings. The molecule has 1 amide bonds. The van der Waals surface area contributed by atoms with E-state index in [0.717, 1.165) is 11.1 Å². The highest BCUT2D eigenvalue weighted by Gasteiger charge is 2.23. The van der Waals surface area contributed by atoms with E-state index in [2.05, 4.69) is 10.3 Å². The summed E-state index contributed by atoms with van der Waals surface area (Å²) in [5.74, 6) is -1.20. The average molecular weight is 335 g/mol. The second-order valence-electron chi connectivity index (χ2n) is 6.40. The van der Waals surface area contributed by atoms with Gasteiger partial charge in [0.2, 0.25) is 0 Å². The Morgan fingerprint density at radius 2 is 2.00 bits per heavy atom. The molecule has 0 fully saturated rings. The quantitative estimate of drug-likeness (QED) is 0.878. The molecule has 5 nitrogen and oxygen atoms in total. The molecule has 0 spiro atoms. The molecule has 23 heavy (non-hydrogen) atoms. The zero-order valence-corrected chi connectivity index (χ0v) is 14.1. The summed E-state index contributed by atoms with van der Waals surface area (Å²) < 4.78 is 0. The monoisotopic (exact) mass is 334 g/mol. The summed E-state index contributed by atoms with van der Waals surface area (Å²) in [5.41, 5.74) is 1.24. The number of aryl methyl sites for hydroxylation is 1. The Kier molecular flexibility index (Phi) is 4.90.